The third-order valence-electron chi connectivity index (χ3n) is 9.21. The van der Waals surface area contributed by atoms with Gasteiger partial charge in [-0.25, -0.2) is 12.8 Å². The lowest BCUT2D eigenvalue weighted by Gasteiger charge is -2.40. The van der Waals surface area contributed by atoms with Crippen molar-refractivity contribution in [2.24, 2.45) is 17.8 Å². The van der Waals surface area contributed by atoms with Crippen molar-refractivity contribution < 1.29 is 27.1 Å². The Morgan fingerprint density at radius 3 is 2.25 bits per heavy atom. The fraction of sp³-hybridized carbons (Fsp3) is 0.926. The average Bonchev–Trinajstić information content (AvgIpc) is 3.67. The van der Waals surface area contributed by atoms with E-state index in [1.54, 1.807) is 19.1 Å². The summed E-state index contributed by atoms with van der Waals surface area (Å²) in [5, 5.41) is 2.75. The van der Waals surface area contributed by atoms with Crippen LogP contribution in [0.5, 0.6) is 0 Å². The van der Waals surface area contributed by atoms with Crippen LogP contribution in [0.1, 0.15) is 89.9 Å². The van der Waals surface area contributed by atoms with E-state index in [-0.39, 0.29) is 47.6 Å². The van der Waals surface area contributed by atoms with Gasteiger partial charge in [0.05, 0.1) is 29.1 Å². The van der Waals surface area contributed by atoms with E-state index in [2.05, 4.69) is 5.32 Å². The number of carbonyl (C=O) groups excluding carboxylic acids is 2. The third kappa shape index (κ3) is 7.00. The standard InChI is InChI=1S/C27H45FN2O5S/c1-30(24-5-3-4-6-25(24)35-2)27(32)22-14-11-20(16-23(22)28)29-26(31)15-18-9-12-21(13-10-18)36(33,34)17-19-7-8-19/h18-25H,3-17H2,1-2H3,(H,29,31). The molecule has 4 fully saturated rings. The van der Waals surface area contributed by atoms with Crippen LogP contribution in [0.3, 0.4) is 0 Å². The summed E-state index contributed by atoms with van der Waals surface area (Å²) in [7, 11) is 0.440. The number of halogens is 1. The number of hydrogen-bond donors (Lipinski definition) is 1. The molecule has 5 atom stereocenters. The molecule has 36 heavy (non-hydrogen) atoms. The van der Waals surface area contributed by atoms with Crippen molar-refractivity contribution in [3.05, 3.63) is 0 Å². The lowest BCUT2D eigenvalue weighted by atomic mass is 9.82. The molecule has 1 N–H and O–H groups in total. The second-order valence-electron chi connectivity index (χ2n) is 11.9. The second-order valence-corrected chi connectivity index (χ2v) is 14.2. The topological polar surface area (TPSA) is 92.8 Å². The molecule has 0 saturated heterocycles. The summed E-state index contributed by atoms with van der Waals surface area (Å²) in [5.74, 6) is 0.0167. The molecular formula is C27H45FN2O5S. The zero-order valence-corrected chi connectivity index (χ0v) is 22.8. The molecule has 0 aromatic carbocycles. The van der Waals surface area contributed by atoms with Crippen LogP contribution in [-0.4, -0.2) is 74.7 Å². The number of alkyl halides is 1. The molecule has 4 aliphatic rings. The van der Waals surface area contributed by atoms with Gasteiger partial charge in [-0.2, -0.15) is 0 Å². The Bertz CT molecular complexity index is 871. The van der Waals surface area contributed by atoms with Gasteiger partial charge in [0.1, 0.15) is 6.17 Å². The highest BCUT2D eigenvalue weighted by atomic mass is 32.2. The fourth-order valence-corrected chi connectivity index (χ4v) is 8.99. The molecule has 2 amide bonds. The lowest BCUT2D eigenvalue weighted by Crippen LogP contribution is -2.52. The molecule has 4 rings (SSSR count). The van der Waals surface area contributed by atoms with Gasteiger partial charge >= 0.3 is 0 Å². The quantitative estimate of drug-likeness (QED) is 0.491. The van der Waals surface area contributed by atoms with Crippen LogP contribution < -0.4 is 5.32 Å². The highest BCUT2D eigenvalue weighted by molar-refractivity contribution is 7.92. The highest BCUT2D eigenvalue weighted by Crippen LogP contribution is 2.36. The first-order valence-corrected chi connectivity index (χ1v) is 15.8. The molecule has 0 aliphatic heterocycles. The molecule has 0 spiro atoms. The first kappa shape index (κ1) is 27.8. The van der Waals surface area contributed by atoms with E-state index < -0.39 is 21.9 Å². The van der Waals surface area contributed by atoms with Crippen molar-refractivity contribution in [1.82, 2.24) is 10.2 Å². The van der Waals surface area contributed by atoms with E-state index >= 15 is 4.39 Å². The van der Waals surface area contributed by atoms with Gasteiger partial charge in [0, 0.05) is 26.6 Å². The van der Waals surface area contributed by atoms with Crippen molar-refractivity contribution >= 4 is 21.7 Å². The lowest BCUT2D eigenvalue weighted by molar-refractivity contribution is -0.144. The molecular weight excluding hydrogens is 483 g/mol. The fourth-order valence-electron chi connectivity index (χ4n) is 6.74. The Labute approximate surface area is 216 Å². The van der Waals surface area contributed by atoms with Crippen LogP contribution >= 0.6 is 0 Å². The van der Waals surface area contributed by atoms with Gasteiger partial charge in [-0.3, -0.25) is 9.59 Å². The Morgan fingerprint density at radius 2 is 1.61 bits per heavy atom. The summed E-state index contributed by atoms with van der Waals surface area (Å²) >= 11 is 0. The van der Waals surface area contributed by atoms with Gasteiger partial charge in [-0.15, -0.1) is 0 Å². The van der Waals surface area contributed by atoms with Gasteiger partial charge in [0.25, 0.3) is 0 Å². The van der Waals surface area contributed by atoms with Crippen molar-refractivity contribution in [2.75, 3.05) is 19.9 Å². The number of likely N-dealkylation sites (N-methyl/N-ethyl adjacent to an activating group) is 1. The first-order valence-electron chi connectivity index (χ1n) is 14.1. The molecule has 206 valence electrons. The van der Waals surface area contributed by atoms with Crippen molar-refractivity contribution in [1.29, 1.82) is 0 Å². The molecule has 4 aliphatic carbocycles. The minimum absolute atomic E-state index is 0.000314. The predicted octanol–water partition coefficient (Wildman–Crippen LogP) is 3.80. The Balaban J connectivity index is 1.19. The molecule has 9 heteroatoms. The first-order chi connectivity index (χ1) is 17.2. The number of rotatable bonds is 9. The summed E-state index contributed by atoms with van der Waals surface area (Å²) in [5.41, 5.74) is 0. The van der Waals surface area contributed by atoms with Crippen LogP contribution in [-0.2, 0) is 24.2 Å². The van der Waals surface area contributed by atoms with Crippen LogP contribution in [0.2, 0.25) is 0 Å². The van der Waals surface area contributed by atoms with Gasteiger partial charge in [-0.05, 0) is 82.5 Å². The number of methoxy groups -OCH3 is 1. The molecule has 4 saturated carbocycles. The third-order valence-corrected chi connectivity index (χ3v) is 11.6. The number of hydrogen-bond acceptors (Lipinski definition) is 5. The SMILES string of the molecule is COC1CCCCC1N(C)C(=O)C1CCC(NC(=O)CC2CCC(S(=O)(=O)CC3CC3)CC2)CC1F. The number of nitrogens with zero attached hydrogens (tertiary/aromatic N) is 1. The smallest absolute Gasteiger partial charge is 0.228 e. The maximum atomic E-state index is 15.1. The number of sulfone groups is 1. The van der Waals surface area contributed by atoms with E-state index in [1.165, 1.54) is 0 Å². The van der Waals surface area contributed by atoms with Crippen LogP contribution in [0, 0.1) is 17.8 Å². The van der Waals surface area contributed by atoms with Crippen LogP contribution in [0.15, 0.2) is 0 Å². The Kier molecular flexibility index (Phi) is 9.34. The second kappa shape index (κ2) is 12.1. The van der Waals surface area contributed by atoms with Crippen molar-refractivity contribution in [3.8, 4) is 0 Å². The molecule has 7 nitrogen and oxygen atoms in total. The molecule has 0 aromatic rings. The summed E-state index contributed by atoms with van der Waals surface area (Å²) in [6.45, 7) is 0. The van der Waals surface area contributed by atoms with Gasteiger partial charge in [0.2, 0.25) is 11.8 Å². The molecule has 0 radical (unpaired) electrons. The van der Waals surface area contributed by atoms with Crippen molar-refractivity contribution in [2.45, 2.75) is 120 Å². The zero-order chi connectivity index (χ0) is 25.9. The zero-order valence-electron chi connectivity index (χ0n) is 22.0. The summed E-state index contributed by atoms with van der Waals surface area (Å²) in [6, 6.07) is -0.252. The molecule has 0 bridgehead atoms. The van der Waals surface area contributed by atoms with E-state index in [0.29, 0.717) is 43.8 Å². The largest absolute Gasteiger partial charge is 0.379 e. The van der Waals surface area contributed by atoms with E-state index in [1.807, 2.05) is 0 Å². The number of carbonyl (C=O) groups is 2. The van der Waals surface area contributed by atoms with Crippen molar-refractivity contribution in [3.63, 3.8) is 0 Å². The summed E-state index contributed by atoms with van der Waals surface area (Å²) in [4.78, 5) is 27.5. The van der Waals surface area contributed by atoms with E-state index in [0.717, 1.165) is 51.4 Å². The predicted molar refractivity (Wildman–Crippen MR) is 137 cm³/mol. The van der Waals surface area contributed by atoms with Gasteiger partial charge in [-0.1, -0.05) is 12.8 Å². The maximum absolute atomic E-state index is 15.1. The molecule has 0 aromatic heterocycles. The summed E-state index contributed by atoms with van der Waals surface area (Å²) in [6.07, 6.45) is 9.14. The minimum atomic E-state index is -3.01. The molecule has 0 heterocycles. The number of ether oxygens (including phenoxy) is 1. The molecule has 5 unspecified atom stereocenters. The Hall–Kier alpha value is -1.22. The summed E-state index contributed by atoms with van der Waals surface area (Å²) < 4.78 is 45.8. The monoisotopic (exact) mass is 528 g/mol. The minimum Gasteiger partial charge on any atom is -0.379 e. The van der Waals surface area contributed by atoms with E-state index in [9.17, 15) is 18.0 Å². The highest BCUT2D eigenvalue weighted by Gasteiger charge is 2.41. The normalized spacial score (nSPS) is 35.7. The van der Waals surface area contributed by atoms with Crippen LogP contribution in [0.25, 0.3) is 0 Å². The number of nitrogens with one attached hydrogen (secondary N) is 1. The number of amides is 2. The van der Waals surface area contributed by atoms with Crippen LogP contribution in [0.4, 0.5) is 4.39 Å². The maximum Gasteiger partial charge on any atom is 0.228 e. The average molecular weight is 529 g/mol. The van der Waals surface area contributed by atoms with Gasteiger partial charge in [0.15, 0.2) is 9.84 Å². The Morgan fingerprint density at radius 1 is 0.944 bits per heavy atom. The van der Waals surface area contributed by atoms with Gasteiger partial charge < -0.3 is 15.0 Å². The van der Waals surface area contributed by atoms with E-state index in [4.69, 9.17) is 4.74 Å².